The van der Waals surface area contributed by atoms with E-state index in [4.69, 9.17) is 0 Å². The van der Waals surface area contributed by atoms with E-state index in [0.29, 0.717) is 18.0 Å². The molecule has 1 aromatic carbocycles. The summed E-state index contributed by atoms with van der Waals surface area (Å²) in [5, 5.41) is 5.96. The predicted molar refractivity (Wildman–Crippen MR) is 57.7 cm³/mol. The molecule has 78 valence electrons. The Balaban J connectivity index is 1.87. The lowest BCUT2D eigenvalue weighted by Crippen LogP contribution is -2.50. The second kappa shape index (κ2) is 3.26. The summed E-state index contributed by atoms with van der Waals surface area (Å²) in [6, 6.07) is 11.1. The summed E-state index contributed by atoms with van der Waals surface area (Å²) in [5.41, 5.74) is 1.34. The van der Waals surface area contributed by atoms with Crippen molar-refractivity contribution in [3.05, 3.63) is 35.9 Å². The molecular weight excluding hydrogens is 188 g/mol. The smallest absolute Gasteiger partial charge is 0.315 e. The Labute approximate surface area is 88.9 Å². The molecule has 2 bridgehead atoms. The van der Waals surface area contributed by atoms with Gasteiger partial charge in [-0.25, -0.2) is 4.79 Å². The molecule has 1 aliphatic carbocycles. The number of rotatable bonds is 1. The van der Waals surface area contributed by atoms with Crippen molar-refractivity contribution >= 4 is 6.03 Å². The molecule has 3 heteroatoms. The maximum atomic E-state index is 11.3. The fraction of sp³-hybridized carbons (Fsp3) is 0.417. The lowest BCUT2D eigenvalue weighted by atomic mass is 9.94. The summed E-state index contributed by atoms with van der Waals surface area (Å²) < 4.78 is 0. The highest BCUT2D eigenvalue weighted by Crippen LogP contribution is 2.36. The van der Waals surface area contributed by atoms with Crippen LogP contribution >= 0.6 is 0 Å². The summed E-state index contributed by atoms with van der Waals surface area (Å²) in [6.45, 7) is 0. The Bertz CT molecular complexity index is 376. The molecule has 2 fully saturated rings. The number of benzene rings is 1. The minimum absolute atomic E-state index is 0.00492. The second-order valence-corrected chi connectivity index (χ2v) is 4.41. The minimum Gasteiger partial charge on any atom is -0.335 e. The van der Waals surface area contributed by atoms with E-state index in [1.807, 2.05) is 6.07 Å². The third-order valence-electron chi connectivity index (χ3n) is 3.44. The molecule has 0 aromatic heterocycles. The fourth-order valence-corrected chi connectivity index (χ4v) is 2.78. The number of fused-ring (bicyclic) bond motifs is 2. The molecule has 3 atom stereocenters. The molecular formula is C12H14N2O. The van der Waals surface area contributed by atoms with Crippen LogP contribution in [0.2, 0.25) is 0 Å². The Kier molecular flexibility index (Phi) is 1.91. The number of hydrogen-bond acceptors (Lipinski definition) is 1. The molecule has 1 saturated heterocycles. The van der Waals surface area contributed by atoms with Gasteiger partial charge in [0.1, 0.15) is 0 Å². The third-order valence-corrected chi connectivity index (χ3v) is 3.44. The molecule has 1 heterocycles. The fourth-order valence-electron chi connectivity index (χ4n) is 2.78. The average Bonchev–Trinajstić information content (AvgIpc) is 2.55. The Morgan fingerprint density at radius 1 is 1.07 bits per heavy atom. The zero-order chi connectivity index (χ0) is 10.3. The van der Waals surface area contributed by atoms with Crippen LogP contribution in [-0.2, 0) is 0 Å². The summed E-state index contributed by atoms with van der Waals surface area (Å²) >= 11 is 0. The first-order chi connectivity index (χ1) is 7.33. The SMILES string of the molecule is O=C1N[C@H]2C[C@@H](N1)[C@H](c1ccccc1)C2. The van der Waals surface area contributed by atoms with Crippen molar-refractivity contribution in [2.24, 2.45) is 0 Å². The Hall–Kier alpha value is -1.51. The molecule has 1 aliphatic heterocycles. The van der Waals surface area contributed by atoms with Gasteiger partial charge in [-0.2, -0.15) is 0 Å². The minimum atomic E-state index is -0.00492. The van der Waals surface area contributed by atoms with E-state index in [9.17, 15) is 4.79 Å². The van der Waals surface area contributed by atoms with Gasteiger partial charge in [-0.1, -0.05) is 30.3 Å². The molecule has 2 amide bonds. The topological polar surface area (TPSA) is 41.1 Å². The van der Waals surface area contributed by atoms with Gasteiger partial charge in [-0.15, -0.1) is 0 Å². The molecule has 2 aliphatic rings. The van der Waals surface area contributed by atoms with Crippen LogP contribution in [0.25, 0.3) is 0 Å². The summed E-state index contributed by atoms with van der Waals surface area (Å²) in [5.74, 6) is 0.482. The maximum Gasteiger partial charge on any atom is 0.315 e. The average molecular weight is 202 g/mol. The molecule has 1 aromatic rings. The highest BCUT2D eigenvalue weighted by molar-refractivity contribution is 5.76. The van der Waals surface area contributed by atoms with E-state index in [1.165, 1.54) is 5.56 Å². The van der Waals surface area contributed by atoms with Crippen molar-refractivity contribution in [1.29, 1.82) is 0 Å². The summed E-state index contributed by atoms with van der Waals surface area (Å²) in [4.78, 5) is 11.3. The number of urea groups is 1. The monoisotopic (exact) mass is 202 g/mol. The van der Waals surface area contributed by atoms with Gasteiger partial charge >= 0.3 is 6.03 Å². The van der Waals surface area contributed by atoms with Crippen molar-refractivity contribution in [2.45, 2.75) is 30.8 Å². The molecule has 0 spiro atoms. The van der Waals surface area contributed by atoms with Crippen LogP contribution in [0.3, 0.4) is 0 Å². The van der Waals surface area contributed by atoms with Crippen LogP contribution in [0.15, 0.2) is 30.3 Å². The first-order valence-corrected chi connectivity index (χ1v) is 5.45. The molecule has 1 saturated carbocycles. The first kappa shape index (κ1) is 8.77. The quantitative estimate of drug-likeness (QED) is 0.713. The molecule has 15 heavy (non-hydrogen) atoms. The van der Waals surface area contributed by atoms with Crippen molar-refractivity contribution in [3.8, 4) is 0 Å². The summed E-state index contributed by atoms with van der Waals surface area (Å²) in [7, 11) is 0. The van der Waals surface area contributed by atoms with Gasteiger partial charge < -0.3 is 10.6 Å². The number of carbonyl (C=O) groups is 1. The van der Waals surface area contributed by atoms with E-state index < -0.39 is 0 Å². The van der Waals surface area contributed by atoms with Gasteiger partial charge in [-0.05, 0) is 18.4 Å². The van der Waals surface area contributed by atoms with E-state index in [0.717, 1.165) is 12.8 Å². The Morgan fingerprint density at radius 3 is 2.67 bits per heavy atom. The van der Waals surface area contributed by atoms with Gasteiger partial charge in [0.15, 0.2) is 0 Å². The molecule has 3 rings (SSSR count). The zero-order valence-corrected chi connectivity index (χ0v) is 8.44. The summed E-state index contributed by atoms with van der Waals surface area (Å²) in [6.07, 6.45) is 2.12. The van der Waals surface area contributed by atoms with Crippen LogP contribution in [0.1, 0.15) is 24.3 Å². The van der Waals surface area contributed by atoms with Gasteiger partial charge in [0.25, 0.3) is 0 Å². The van der Waals surface area contributed by atoms with Gasteiger partial charge in [0.2, 0.25) is 0 Å². The van der Waals surface area contributed by atoms with Crippen LogP contribution in [0.5, 0.6) is 0 Å². The standard InChI is InChI=1S/C12H14N2O/c15-12-13-9-6-10(11(7-9)14-12)8-4-2-1-3-5-8/h1-5,9-11H,6-7H2,(H2,13,14,15)/t9-,10+,11-/m1/s1. The van der Waals surface area contributed by atoms with E-state index >= 15 is 0 Å². The van der Waals surface area contributed by atoms with Gasteiger partial charge in [-0.3, -0.25) is 0 Å². The van der Waals surface area contributed by atoms with Crippen LogP contribution in [0, 0.1) is 0 Å². The van der Waals surface area contributed by atoms with Gasteiger partial charge in [0.05, 0.1) is 0 Å². The number of hydrogen-bond donors (Lipinski definition) is 2. The zero-order valence-electron chi connectivity index (χ0n) is 8.44. The first-order valence-electron chi connectivity index (χ1n) is 5.45. The molecule has 2 N–H and O–H groups in total. The van der Waals surface area contributed by atoms with E-state index in [-0.39, 0.29) is 6.03 Å². The lowest BCUT2D eigenvalue weighted by Gasteiger charge is -2.23. The highest BCUT2D eigenvalue weighted by atomic mass is 16.2. The van der Waals surface area contributed by atoms with Crippen LogP contribution < -0.4 is 10.6 Å². The molecule has 0 unspecified atom stereocenters. The number of amides is 2. The van der Waals surface area contributed by atoms with Crippen molar-refractivity contribution < 1.29 is 4.79 Å². The normalized spacial score (nSPS) is 33.3. The predicted octanol–water partition coefficient (Wildman–Crippen LogP) is 1.61. The van der Waals surface area contributed by atoms with Crippen LogP contribution in [0.4, 0.5) is 4.79 Å². The highest BCUT2D eigenvalue weighted by Gasteiger charge is 2.40. The second-order valence-electron chi connectivity index (χ2n) is 4.41. The van der Waals surface area contributed by atoms with Gasteiger partial charge in [0, 0.05) is 18.0 Å². The van der Waals surface area contributed by atoms with Crippen LogP contribution in [-0.4, -0.2) is 18.1 Å². The third kappa shape index (κ3) is 1.48. The van der Waals surface area contributed by atoms with E-state index in [2.05, 4.69) is 34.9 Å². The maximum absolute atomic E-state index is 11.3. The van der Waals surface area contributed by atoms with Crippen molar-refractivity contribution in [1.82, 2.24) is 10.6 Å². The van der Waals surface area contributed by atoms with Crippen molar-refractivity contribution in [3.63, 3.8) is 0 Å². The molecule has 3 nitrogen and oxygen atoms in total. The largest absolute Gasteiger partial charge is 0.335 e. The molecule has 0 radical (unpaired) electrons. The lowest BCUT2D eigenvalue weighted by molar-refractivity contribution is 0.228. The number of nitrogens with one attached hydrogen (secondary N) is 2. The Morgan fingerprint density at radius 2 is 1.87 bits per heavy atom. The van der Waals surface area contributed by atoms with Crippen molar-refractivity contribution in [2.75, 3.05) is 0 Å². The van der Waals surface area contributed by atoms with E-state index in [1.54, 1.807) is 0 Å². The number of carbonyl (C=O) groups excluding carboxylic acids is 1.